The van der Waals surface area contributed by atoms with Crippen LogP contribution in [0.3, 0.4) is 0 Å². The summed E-state index contributed by atoms with van der Waals surface area (Å²) in [6, 6.07) is 12.6. The van der Waals surface area contributed by atoms with Gasteiger partial charge in [-0.2, -0.15) is 10.1 Å². The Kier molecular flexibility index (Phi) is 10.5. The van der Waals surface area contributed by atoms with Gasteiger partial charge in [0.15, 0.2) is 0 Å². The minimum Gasteiger partial charge on any atom is -0.478 e. The van der Waals surface area contributed by atoms with Gasteiger partial charge in [0, 0.05) is 48.4 Å². The maximum atomic E-state index is 13.3. The van der Waals surface area contributed by atoms with Crippen molar-refractivity contribution in [2.75, 3.05) is 11.3 Å². The van der Waals surface area contributed by atoms with Crippen molar-refractivity contribution >= 4 is 21.9 Å². The van der Waals surface area contributed by atoms with E-state index in [1.165, 1.54) is 18.2 Å². The van der Waals surface area contributed by atoms with E-state index >= 15 is 0 Å². The number of aromatic carboxylic acids is 1. The van der Waals surface area contributed by atoms with E-state index in [1.807, 2.05) is 50.0 Å². The number of hydrogen-bond acceptors (Lipinski definition) is 8. The van der Waals surface area contributed by atoms with Crippen molar-refractivity contribution in [3.05, 3.63) is 82.7 Å². The highest BCUT2D eigenvalue weighted by Gasteiger charge is 2.24. The number of aromatic nitrogens is 4. The van der Waals surface area contributed by atoms with Crippen LogP contribution in [0, 0.1) is 19.8 Å². The molecule has 0 unspecified atom stereocenters. The van der Waals surface area contributed by atoms with E-state index in [-0.39, 0.29) is 40.4 Å². The molecule has 11 nitrogen and oxygen atoms in total. The SMILES string of the molecule is Cc1cccc(C)c1-c1cc(OC[C@@H](CC(C)C)NCc2cn(C)nc2C(C)(C)C)nc(NS(=O)(=O)c2cccc(C(=O)O)c2)n1. The van der Waals surface area contributed by atoms with Crippen molar-refractivity contribution in [3.8, 4) is 17.1 Å². The maximum Gasteiger partial charge on any atom is 0.335 e. The van der Waals surface area contributed by atoms with Crippen molar-refractivity contribution in [2.24, 2.45) is 13.0 Å². The van der Waals surface area contributed by atoms with Crippen LogP contribution in [0.4, 0.5) is 5.95 Å². The molecule has 3 N–H and O–H groups in total. The van der Waals surface area contributed by atoms with E-state index in [4.69, 9.17) is 4.74 Å². The fourth-order valence-electron chi connectivity index (χ4n) is 5.38. The first-order chi connectivity index (χ1) is 21.5. The second-order valence-corrected chi connectivity index (χ2v) is 14.7. The predicted octanol–water partition coefficient (Wildman–Crippen LogP) is 5.87. The molecule has 0 spiro atoms. The summed E-state index contributed by atoms with van der Waals surface area (Å²) in [6.07, 6.45) is 2.87. The second-order valence-electron chi connectivity index (χ2n) is 13.1. The Balaban J connectivity index is 1.65. The molecule has 0 amide bonds. The number of rotatable bonds is 13. The van der Waals surface area contributed by atoms with Gasteiger partial charge in [-0.05, 0) is 55.5 Å². The molecular formula is C34H44N6O5S. The van der Waals surface area contributed by atoms with Gasteiger partial charge in [-0.1, -0.05) is 58.9 Å². The molecule has 2 aromatic carbocycles. The highest BCUT2D eigenvalue weighted by atomic mass is 32.2. The van der Waals surface area contributed by atoms with E-state index in [2.05, 4.69) is 59.7 Å². The smallest absolute Gasteiger partial charge is 0.335 e. The molecule has 4 aromatic rings. The lowest BCUT2D eigenvalue weighted by Crippen LogP contribution is -2.36. The number of nitrogens with one attached hydrogen (secondary N) is 2. The molecule has 246 valence electrons. The van der Waals surface area contributed by atoms with Gasteiger partial charge >= 0.3 is 5.97 Å². The molecule has 0 saturated heterocycles. The molecule has 0 aliphatic heterocycles. The van der Waals surface area contributed by atoms with Crippen molar-refractivity contribution in [1.82, 2.24) is 25.1 Å². The third-order valence-corrected chi connectivity index (χ3v) is 8.77. The first-order valence-electron chi connectivity index (χ1n) is 15.2. The number of carboxylic acids is 1. The van der Waals surface area contributed by atoms with Crippen LogP contribution >= 0.6 is 0 Å². The largest absolute Gasteiger partial charge is 0.478 e. The number of carboxylic acid groups (broad SMARTS) is 1. The number of hydrogen-bond donors (Lipinski definition) is 3. The number of benzene rings is 2. The Morgan fingerprint density at radius 2 is 1.72 bits per heavy atom. The first kappa shape index (κ1) is 34.6. The third kappa shape index (κ3) is 8.70. The molecule has 2 aromatic heterocycles. The fourth-order valence-corrected chi connectivity index (χ4v) is 6.37. The summed E-state index contributed by atoms with van der Waals surface area (Å²) in [5.74, 6) is -0.827. The minimum absolute atomic E-state index is 0.0365. The van der Waals surface area contributed by atoms with Crippen LogP contribution in [0.2, 0.25) is 0 Å². The summed E-state index contributed by atoms with van der Waals surface area (Å²) >= 11 is 0. The third-order valence-electron chi connectivity index (χ3n) is 7.44. The minimum atomic E-state index is -4.22. The number of ether oxygens (including phenoxy) is 1. The van der Waals surface area contributed by atoms with Gasteiger partial charge in [0.2, 0.25) is 11.8 Å². The predicted molar refractivity (Wildman–Crippen MR) is 179 cm³/mol. The normalized spacial score (nSPS) is 12.7. The van der Waals surface area contributed by atoms with Crippen molar-refractivity contribution in [2.45, 2.75) is 77.8 Å². The Morgan fingerprint density at radius 1 is 1.04 bits per heavy atom. The quantitative estimate of drug-likeness (QED) is 0.162. The molecule has 0 radical (unpaired) electrons. The molecule has 0 fully saturated rings. The zero-order valence-electron chi connectivity index (χ0n) is 27.7. The molecule has 1 atom stereocenters. The van der Waals surface area contributed by atoms with Gasteiger partial charge in [-0.15, -0.1) is 0 Å². The average molecular weight is 649 g/mol. The molecule has 0 aliphatic rings. The van der Waals surface area contributed by atoms with E-state index < -0.39 is 16.0 Å². The monoisotopic (exact) mass is 648 g/mol. The van der Waals surface area contributed by atoms with Crippen LogP contribution in [-0.2, 0) is 29.0 Å². The maximum absolute atomic E-state index is 13.3. The van der Waals surface area contributed by atoms with Gasteiger partial charge in [-0.3, -0.25) is 4.68 Å². The van der Waals surface area contributed by atoms with E-state index in [9.17, 15) is 18.3 Å². The molecule has 0 aliphatic carbocycles. The van der Waals surface area contributed by atoms with Gasteiger partial charge in [-0.25, -0.2) is 22.9 Å². The number of carbonyl (C=O) groups is 1. The first-order valence-corrected chi connectivity index (χ1v) is 16.7. The zero-order valence-corrected chi connectivity index (χ0v) is 28.6. The summed E-state index contributed by atoms with van der Waals surface area (Å²) in [5, 5.41) is 17.7. The Labute approximate surface area is 271 Å². The van der Waals surface area contributed by atoms with Crippen LogP contribution in [0.1, 0.15) is 73.8 Å². The lowest BCUT2D eigenvalue weighted by molar-refractivity contribution is 0.0696. The van der Waals surface area contributed by atoms with Crippen LogP contribution in [-0.4, -0.2) is 51.9 Å². The lowest BCUT2D eigenvalue weighted by atomic mass is 9.89. The van der Waals surface area contributed by atoms with Crippen molar-refractivity contribution in [1.29, 1.82) is 0 Å². The number of sulfonamides is 1. The Bertz CT molecular complexity index is 1790. The van der Waals surface area contributed by atoms with Gasteiger partial charge in [0.05, 0.1) is 21.8 Å². The van der Waals surface area contributed by atoms with Crippen LogP contribution in [0.25, 0.3) is 11.3 Å². The van der Waals surface area contributed by atoms with Gasteiger partial charge in [0.1, 0.15) is 6.61 Å². The highest BCUT2D eigenvalue weighted by Crippen LogP contribution is 2.30. The van der Waals surface area contributed by atoms with E-state index in [0.717, 1.165) is 40.4 Å². The molecule has 46 heavy (non-hydrogen) atoms. The van der Waals surface area contributed by atoms with E-state index in [1.54, 1.807) is 6.07 Å². The van der Waals surface area contributed by atoms with Crippen molar-refractivity contribution in [3.63, 3.8) is 0 Å². The Morgan fingerprint density at radius 3 is 2.35 bits per heavy atom. The topological polar surface area (TPSA) is 148 Å². The molecule has 12 heteroatoms. The number of nitrogens with zero attached hydrogens (tertiary/aromatic N) is 4. The summed E-state index contributed by atoms with van der Waals surface area (Å²) in [4.78, 5) is 20.2. The van der Waals surface area contributed by atoms with Gasteiger partial charge in [0.25, 0.3) is 10.0 Å². The Hall–Kier alpha value is -4.29. The lowest BCUT2D eigenvalue weighted by Gasteiger charge is -2.23. The van der Waals surface area contributed by atoms with Crippen LogP contribution < -0.4 is 14.8 Å². The standard InChI is InChI=1S/C34H44N6O5S/c1-21(2)15-26(35-18-25-19-40(8)38-31(25)34(5,6)7)20-45-29-17-28(30-22(3)11-9-12-23(30)4)36-33(37-29)39-46(43,44)27-14-10-13-24(16-27)32(41)42/h9-14,16-17,19,21,26,35H,15,18,20H2,1-8H3,(H,41,42)(H,36,37,39)/t26-/m1/s1. The second kappa shape index (κ2) is 14.0. The zero-order chi connectivity index (χ0) is 33.8. The molecule has 0 bridgehead atoms. The summed E-state index contributed by atoms with van der Waals surface area (Å²) < 4.78 is 37.2. The number of anilines is 1. The number of aryl methyl sites for hydroxylation is 3. The average Bonchev–Trinajstić information content (AvgIpc) is 3.35. The fraction of sp³-hybridized carbons (Fsp3) is 0.412. The summed E-state index contributed by atoms with van der Waals surface area (Å²) in [7, 11) is -2.30. The molecule has 2 heterocycles. The summed E-state index contributed by atoms with van der Waals surface area (Å²) in [5.41, 5.74) is 5.14. The molecule has 4 rings (SSSR count). The van der Waals surface area contributed by atoms with Crippen molar-refractivity contribution < 1.29 is 23.1 Å². The highest BCUT2D eigenvalue weighted by molar-refractivity contribution is 7.92. The molecule has 0 saturated carbocycles. The van der Waals surface area contributed by atoms with Gasteiger partial charge < -0.3 is 15.2 Å². The summed E-state index contributed by atoms with van der Waals surface area (Å²) in [6.45, 7) is 15.5. The molecular weight excluding hydrogens is 604 g/mol. The van der Waals surface area contributed by atoms with Crippen LogP contribution in [0.5, 0.6) is 5.88 Å². The van der Waals surface area contributed by atoms with Crippen LogP contribution in [0.15, 0.2) is 59.6 Å². The van der Waals surface area contributed by atoms with E-state index in [0.29, 0.717) is 18.2 Å².